The van der Waals surface area contributed by atoms with Gasteiger partial charge in [0, 0.05) is 25.9 Å². The molecular weight excluding hydrogens is 448 g/mol. The summed E-state index contributed by atoms with van der Waals surface area (Å²) in [7, 11) is 0. The third kappa shape index (κ3) is 3.07. The molecule has 1 N–H and O–H groups in total. The van der Waals surface area contributed by atoms with Gasteiger partial charge in [-0.15, -0.1) is 23.1 Å². The number of rotatable bonds is 3. The number of thioether (sulfide) groups is 1. The van der Waals surface area contributed by atoms with Crippen LogP contribution in [0.15, 0.2) is 76.8 Å². The molecule has 0 saturated carbocycles. The molecule has 0 unspecified atom stereocenters. The average molecular weight is 465 g/mol. The van der Waals surface area contributed by atoms with Crippen molar-refractivity contribution < 1.29 is 4.74 Å². The van der Waals surface area contributed by atoms with Crippen LogP contribution in [-0.2, 0) is 0 Å². The Balaban J connectivity index is 1.61. The van der Waals surface area contributed by atoms with Gasteiger partial charge in [0.2, 0.25) is 5.95 Å². The van der Waals surface area contributed by atoms with Gasteiger partial charge in [0.25, 0.3) is 0 Å². The maximum Gasteiger partial charge on any atom is 0.226 e. The van der Waals surface area contributed by atoms with Crippen LogP contribution in [-0.4, -0.2) is 21.0 Å². The summed E-state index contributed by atoms with van der Waals surface area (Å²) in [6.45, 7) is 0. The van der Waals surface area contributed by atoms with E-state index in [4.69, 9.17) is 16.3 Å². The number of benzene rings is 2. The van der Waals surface area contributed by atoms with Crippen molar-refractivity contribution in [1.82, 2.24) is 14.8 Å². The minimum atomic E-state index is -0.267. The number of halogens is 1. The molecule has 0 saturated heterocycles. The number of hydrogen-bond donors (Lipinski definition) is 1. The summed E-state index contributed by atoms with van der Waals surface area (Å²) in [6.07, 6.45) is 3.40. The van der Waals surface area contributed by atoms with Crippen LogP contribution in [0.1, 0.15) is 28.1 Å². The zero-order valence-electron chi connectivity index (χ0n) is 16.4. The predicted molar refractivity (Wildman–Crippen MR) is 126 cm³/mol. The maximum absolute atomic E-state index is 6.62. The van der Waals surface area contributed by atoms with E-state index in [9.17, 15) is 0 Å². The van der Waals surface area contributed by atoms with Crippen LogP contribution in [0.4, 0.5) is 5.95 Å². The first-order chi connectivity index (χ1) is 15.2. The zero-order valence-corrected chi connectivity index (χ0v) is 18.8. The topological polar surface area (TPSA) is 52.0 Å². The third-order valence-corrected chi connectivity index (χ3v) is 7.51. The average Bonchev–Trinajstić information content (AvgIpc) is 3.49. The van der Waals surface area contributed by atoms with Gasteiger partial charge >= 0.3 is 0 Å². The highest BCUT2D eigenvalue weighted by Gasteiger charge is 2.41. The molecule has 2 aromatic heterocycles. The van der Waals surface area contributed by atoms with Crippen molar-refractivity contribution in [2.75, 3.05) is 11.6 Å². The fraction of sp³-hybridized carbons (Fsp3) is 0.130. The number of aromatic nitrogens is 3. The molecule has 4 aromatic rings. The van der Waals surface area contributed by atoms with Gasteiger partial charge in [0.1, 0.15) is 24.2 Å². The highest BCUT2D eigenvalue weighted by molar-refractivity contribution is 7.98. The van der Waals surface area contributed by atoms with Crippen molar-refractivity contribution in [3.8, 4) is 5.75 Å². The molecule has 31 heavy (non-hydrogen) atoms. The van der Waals surface area contributed by atoms with Crippen molar-refractivity contribution in [3.63, 3.8) is 0 Å². The molecule has 0 aliphatic carbocycles. The standard InChI is InChI=1S/C23H17ClN4OS2/c1-30-15-7-4-13(5-8-15)22-19-20(16-11-14(24)6-9-17(16)29-22)27-23-25-12-26-28(23)21(19)18-3-2-10-31-18/h2-12,21-22H,1H3,(H,25,26,27)/t21-,22+/m0/s1. The molecule has 0 amide bonds. The summed E-state index contributed by atoms with van der Waals surface area (Å²) in [6, 6.07) is 18.4. The lowest BCUT2D eigenvalue weighted by molar-refractivity contribution is 0.223. The summed E-state index contributed by atoms with van der Waals surface area (Å²) in [5.41, 5.74) is 4.13. The third-order valence-electron chi connectivity index (χ3n) is 5.61. The van der Waals surface area contributed by atoms with Crippen LogP contribution >= 0.6 is 34.7 Å². The normalized spacial score (nSPS) is 19.2. The van der Waals surface area contributed by atoms with E-state index >= 15 is 0 Å². The van der Waals surface area contributed by atoms with Gasteiger partial charge < -0.3 is 10.1 Å². The van der Waals surface area contributed by atoms with E-state index in [0.717, 1.165) is 28.1 Å². The molecule has 2 aliphatic heterocycles. The first kappa shape index (κ1) is 19.0. The van der Waals surface area contributed by atoms with Crippen LogP contribution in [0, 0.1) is 0 Å². The van der Waals surface area contributed by atoms with Crippen molar-refractivity contribution in [2.24, 2.45) is 0 Å². The van der Waals surface area contributed by atoms with Gasteiger partial charge in [-0.3, -0.25) is 0 Å². The summed E-state index contributed by atoms with van der Waals surface area (Å²) < 4.78 is 8.55. The Labute approximate surface area is 192 Å². The number of thiophene rings is 1. The van der Waals surface area contributed by atoms with Gasteiger partial charge in [-0.2, -0.15) is 10.1 Å². The fourth-order valence-corrected chi connectivity index (χ4v) is 5.62. The minimum absolute atomic E-state index is 0.119. The highest BCUT2D eigenvalue weighted by atomic mass is 35.5. The van der Waals surface area contributed by atoms with Gasteiger partial charge in [-0.05, 0) is 53.6 Å². The number of anilines is 1. The van der Waals surface area contributed by atoms with Gasteiger partial charge in [0.15, 0.2) is 0 Å². The van der Waals surface area contributed by atoms with Crippen LogP contribution in [0.3, 0.4) is 0 Å². The van der Waals surface area contributed by atoms with E-state index in [1.807, 2.05) is 22.9 Å². The molecular formula is C23H17ClN4OS2. The van der Waals surface area contributed by atoms with E-state index in [1.54, 1.807) is 29.4 Å². The Kier molecular flexibility index (Phi) is 4.56. The first-order valence-electron chi connectivity index (χ1n) is 9.77. The SMILES string of the molecule is CSc1ccc([C@H]2Oc3ccc(Cl)cc3C3=C2[C@H](c2cccs2)n2ncnc2N3)cc1. The number of nitrogens with zero attached hydrogens (tertiary/aromatic N) is 3. The molecule has 0 radical (unpaired) electrons. The van der Waals surface area contributed by atoms with Crippen LogP contribution in [0.2, 0.25) is 5.02 Å². The minimum Gasteiger partial charge on any atom is -0.480 e. The molecule has 0 bridgehead atoms. The van der Waals surface area contributed by atoms with Crippen molar-refractivity contribution >= 4 is 46.3 Å². The quantitative estimate of drug-likeness (QED) is 0.362. The van der Waals surface area contributed by atoms with E-state index in [0.29, 0.717) is 11.0 Å². The first-order valence-corrected chi connectivity index (χ1v) is 12.3. The van der Waals surface area contributed by atoms with E-state index in [-0.39, 0.29) is 12.1 Å². The molecule has 8 heteroatoms. The fourth-order valence-electron chi connectivity index (χ4n) is 4.22. The number of ether oxygens (including phenoxy) is 1. The largest absolute Gasteiger partial charge is 0.480 e. The lowest BCUT2D eigenvalue weighted by Gasteiger charge is -2.38. The van der Waals surface area contributed by atoms with Crippen molar-refractivity contribution in [2.45, 2.75) is 17.0 Å². The monoisotopic (exact) mass is 464 g/mol. The summed E-state index contributed by atoms with van der Waals surface area (Å²) in [4.78, 5) is 6.86. The maximum atomic E-state index is 6.62. The molecule has 154 valence electrons. The Morgan fingerprint density at radius 3 is 2.81 bits per heavy atom. The summed E-state index contributed by atoms with van der Waals surface area (Å²) >= 11 is 9.80. The van der Waals surface area contributed by atoms with Crippen LogP contribution in [0.25, 0.3) is 5.70 Å². The summed E-state index contributed by atoms with van der Waals surface area (Å²) in [5, 5.41) is 10.8. The van der Waals surface area contributed by atoms with Crippen molar-refractivity contribution in [1.29, 1.82) is 0 Å². The van der Waals surface area contributed by atoms with Crippen LogP contribution in [0.5, 0.6) is 5.75 Å². The number of nitrogens with one attached hydrogen (secondary N) is 1. The second-order valence-corrected chi connectivity index (χ2v) is 9.61. The van der Waals surface area contributed by atoms with Crippen LogP contribution < -0.4 is 10.1 Å². The molecule has 6 rings (SSSR count). The second kappa shape index (κ2) is 7.44. The second-order valence-electron chi connectivity index (χ2n) is 7.31. The molecule has 2 atom stereocenters. The Hall–Kier alpha value is -2.74. The van der Waals surface area contributed by atoms with E-state index in [2.05, 4.69) is 63.4 Å². The Morgan fingerprint density at radius 1 is 1.16 bits per heavy atom. The molecule has 0 spiro atoms. The molecule has 0 fully saturated rings. The molecule has 2 aromatic carbocycles. The highest BCUT2D eigenvalue weighted by Crippen LogP contribution is 2.51. The smallest absolute Gasteiger partial charge is 0.226 e. The summed E-state index contributed by atoms with van der Waals surface area (Å²) in [5.74, 6) is 1.51. The van der Waals surface area contributed by atoms with E-state index < -0.39 is 0 Å². The van der Waals surface area contributed by atoms with Gasteiger partial charge in [-0.25, -0.2) is 4.68 Å². The Morgan fingerprint density at radius 2 is 2.03 bits per heavy atom. The molecule has 2 aliphatic rings. The van der Waals surface area contributed by atoms with Crippen molar-refractivity contribution in [3.05, 3.63) is 92.9 Å². The van der Waals surface area contributed by atoms with Gasteiger partial charge in [0.05, 0.1) is 5.70 Å². The lowest BCUT2D eigenvalue weighted by Crippen LogP contribution is -2.32. The number of fused-ring (bicyclic) bond motifs is 3. The molecule has 4 heterocycles. The van der Waals surface area contributed by atoms with Gasteiger partial charge in [-0.1, -0.05) is 29.8 Å². The zero-order chi connectivity index (χ0) is 20.9. The Bertz CT molecular complexity index is 1300. The van der Waals surface area contributed by atoms with E-state index in [1.165, 1.54) is 9.77 Å². The lowest BCUT2D eigenvalue weighted by atomic mass is 9.87. The predicted octanol–water partition coefficient (Wildman–Crippen LogP) is 6.27. The molecule has 5 nitrogen and oxygen atoms in total. The number of hydrogen-bond acceptors (Lipinski definition) is 6.